The molecule has 0 saturated carbocycles. The molecule has 1 aliphatic rings. The van der Waals surface area contributed by atoms with Crippen molar-refractivity contribution in [2.24, 2.45) is 0 Å². The third kappa shape index (κ3) is 3.77. The summed E-state index contributed by atoms with van der Waals surface area (Å²) in [5.41, 5.74) is 1.79. The van der Waals surface area contributed by atoms with Crippen LogP contribution in [-0.4, -0.2) is 25.7 Å². The van der Waals surface area contributed by atoms with Crippen molar-refractivity contribution in [3.63, 3.8) is 0 Å². The van der Waals surface area contributed by atoms with E-state index in [1.54, 1.807) is 11.0 Å². The maximum Gasteiger partial charge on any atom is 0.251 e. The van der Waals surface area contributed by atoms with Crippen LogP contribution in [0.25, 0.3) is 6.08 Å². The summed E-state index contributed by atoms with van der Waals surface area (Å²) >= 11 is 0. The van der Waals surface area contributed by atoms with E-state index in [0.29, 0.717) is 19.8 Å². The Bertz CT molecular complexity index is 722. The molecule has 0 N–H and O–H groups in total. The predicted octanol–water partition coefficient (Wildman–Crippen LogP) is 3.91. The molecule has 1 amide bonds. The standard InChI is InChI=1S/C20H21NO3/c1-2-14-23-17-10-7-16(8-11-17)9-12-20(22)21-13-15-24-19-6-4-3-5-18(19)21/h3-12H,2,13-15H2,1H3/b12-9+. The van der Waals surface area contributed by atoms with Crippen molar-refractivity contribution in [2.75, 3.05) is 24.7 Å². The molecular weight excluding hydrogens is 302 g/mol. The zero-order valence-corrected chi connectivity index (χ0v) is 13.8. The molecule has 24 heavy (non-hydrogen) atoms. The second-order valence-corrected chi connectivity index (χ2v) is 5.56. The molecule has 2 aromatic carbocycles. The van der Waals surface area contributed by atoms with E-state index in [0.717, 1.165) is 29.2 Å². The van der Waals surface area contributed by atoms with Crippen molar-refractivity contribution < 1.29 is 14.3 Å². The molecule has 0 fully saturated rings. The van der Waals surface area contributed by atoms with Crippen LogP contribution < -0.4 is 14.4 Å². The molecule has 0 bridgehead atoms. The van der Waals surface area contributed by atoms with E-state index in [1.807, 2.05) is 54.6 Å². The molecule has 3 rings (SSSR count). The molecule has 0 spiro atoms. The lowest BCUT2D eigenvalue weighted by Crippen LogP contribution is -2.36. The molecule has 4 heteroatoms. The van der Waals surface area contributed by atoms with Crippen LogP contribution in [-0.2, 0) is 4.79 Å². The smallest absolute Gasteiger partial charge is 0.251 e. The summed E-state index contributed by atoms with van der Waals surface area (Å²) in [5, 5.41) is 0. The highest BCUT2D eigenvalue weighted by molar-refractivity contribution is 6.04. The maximum absolute atomic E-state index is 12.5. The summed E-state index contributed by atoms with van der Waals surface area (Å²) < 4.78 is 11.1. The SMILES string of the molecule is CCCOc1ccc(/C=C/C(=O)N2CCOc3ccccc32)cc1. The fourth-order valence-electron chi connectivity index (χ4n) is 2.55. The van der Waals surface area contributed by atoms with Gasteiger partial charge >= 0.3 is 0 Å². The molecule has 0 aromatic heterocycles. The Labute approximate surface area is 142 Å². The Morgan fingerprint density at radius 2 is 2.00 bits per heavy atom. The molecule has 1 heterocycles. The van der Waals surface area contributed by atoms with E-state index < -0.39 is 0 Å². The number of rotatable bonds is 5. The lowest BCUT2D eigenvalue weighted by Gasteiger charge is -2.28. The fraction of sp³-hybridized carbons (Fsp3) is 0.250. The van der Waals surface area contributed by atoms with E-state index in [4.69, 9.17) is 9.47 Å². The van der Waals surface area contributed by atoms with Crippen molar-refractivity contribution in [1.29, 1.82) is 0 Å². The number of amides is 1. The van der Waals surface area contributed by atoms with Crippen molar-refractivity contribution in [3.05, 3.63) is 60.2 Å². The van der Waals surface area contributed by atoms with Gasteiger partial charge in [-0.15, -0.1) is 0 Å². The van der Waals surface area contributed by atoms with Gasteiger partial charge in [0.25, 0.3) is 5.91 Å². The van der Waals surface area contributed by atoms with Gasteiger partial charge in [-0.05, 0) is 42.3 Å². The van der Waals surface area contributed by atoms with E-state index >= 15 is 0 Å². The van der Waals surface area contributed by atoms with Crippen LogP contribution in [0, 0.1) is 0 Å². The number of fused-ring (bicyclic) bond motifs is 1. The number of hydrogen-bond donors (Lipinski definition) is 0. The van der Waals surface area contributed by atoms with Gasteiger partial charge in [0.2, 0.25) is 0 Å². The maximum atomic E-state index is 12.5. The first kappa shape index (κ1) is 16.1. The second kappa shape index (κ2) is 7.68. The zero-order valence-electron chi connectivity index (χ0n) is 13.8. The largest absolute Gasteiger partial charge is 0.494 e. The van der Waals surface area contributed by atoms with Gasteiger partial charge in [0.1, 0.15) is 18.1 Å². The molecule has 0 aliphatic carbocycles. The van der Waals surface area contributed by atoms with E-state index in [1.165, 1.54) is 0 Å². The molecule has 0 radical (unpaired) electrons. The minimum absolute atomic E-state index is 0.0444. The molecule has 1 aliphatic heterocycles. The summed E-state index contributed by atoms with van der Waals surface area (Å²) in [7, 11) is 0. The average Bonchev–Trinajstić information content (AvgIpc) is 2.64. The van der Waals surface area contributed by atoms with Crippen LogP contribution in [0.15, 0.2) is 54.6 Å². The molecule has 0 saturated heterocycles. The van der Waals surface area contributed by atoms with Gasteiger partial charge in [-0.25, -0.2) is 0 Å². The van der Waals surface area contributed by atoms with E-state index in [2.05, 4.69) is 6.92 Å². The Morgan fingerprint density at radius 1 is 1.21 bits per heavy atom. The van der Waals surface area contributed by atoms with Crippen LogP contribution in [0.2, 0.25) is 0 Å². The Hall–Kier alpha value is -2.75. The normalized spacial score (nSPS) is 13.5. The van der Waals surface area contributed by atoms with Gasteiger partial charge in [0, 0.05) is 6.08 Å². The first-order valence-corrected chi connectivity index (χ1v) is 8.22. The van der Waals surface area contributed by atoms with Gasteiger partial charge in [-0.3, -0.25) is 4.79 Å². The molecule has 0 atom stereocenters. The van der Waals surface area contributed by atoms with Gasteiger partial charge in [0.05, 0.1) is 18.8 Å². The highest BCUT2D eigenvalue weighted by atomic mass is 16.5. The van der Waals surface area contributed by atoms with Crippen LogP contribution in [0.3, 0.4) is 0 Å². The highest BCUT2D eigenvalue weighted by Crippen LogP contribution is 2.31. The summed E-state index contributed by atoms with van der Waals surface area (Å²) in [5.74, 6) is 1.56. The summed E-state index contributed by atoms with van der Waals surface area (Å²) in [4.78, 5) is 14.2. The van der Waals surface area contributed by atoms with Crippen LogP contribution in [0.1, 0.15) is 18.9 Å². The monoisotopic (exact) mass is 323 g/mol. The number of ether oxygens (including phenoxy) is 2. The first-order valence-electron chi connectivity index (χ1n) is 8.22. The lowest BCUT2D eigenvalue weighted by atomic mass is 10.2. The molecule has 0 unspecified atom stereocenters. The topological polar surface area (TPSA) is 38.8 Å². The van der Waals surface area contributed by atoms with Gasteiger partial charge in [-0.1, -0.05) is 31.2 Å². The molecule has 4 nitrogen and oxygen atoms in total. The van der Waals surface area contributed by atoms with Crippen molar-refractivity contribution in [2.45, 2.75) is 13.3 Å². The van der Waals surface area contributed by atoms with Gasteiger partial charge in [0.15, 0.2) is 0 Å². The predicted molar refractivity (Wildman–Crippen MR) is 95.6 cm³/mol. The van der Waals surface area contributed by atoms with E-state index in [9.17, 15) is 4.79 Å². The zero-order chi connectivity index (χ0) is 16.8. The van der Waals surface area contributed by atoms with E-state index in [-0.39, 0.29) is 5.91 Å². The third-order valence-electron chi connectivity index (χ3n) is 3.77. The Kier molecular flexibility index (Phi) is 5.16. The number of nitrogens with zero attached hydrogens (tertiary/aromatic N) is 1. The van der Waals surface area contributed by atoms with Crippen LogP contribution in [0.4, 0.5) is 5.69 Å². The first-order chi connectivity index (χ1) is 11.8. The number of anilines is 1. The quantitative estimate of drug-likeness (QED) is 0.783. The van der Waals surface area contributed by atoms with Gasteiger partial charge < -0.3 is 14.4 Å². The number of benzene rings is 2. The molecule has 124 valence electrons. The third-order valence-corrected chi connectivity index (χ3v) is 3.77. The Balaban J connectivity index is 1.68. The van der Waals surface area contributed by atoms with Crippen LogP contribution in [0.5, 0.6) is 11.5 Å². The fourth-order valence-corrected chi connectivity index (χ4v) is 2.55. The van der Waals surface area contributed by atoms with Gasteiger partial charge in [-0.2, -0.15) is 0 Å². The molecule has 2 aromatic rings. The van der Waals surface area contributed by atoms with Crippen molar-refractivity contribution in [1.82, 2.24) is 0 Å². The summed E-state index contributed by atoms with van der Waals surface area (Å²) in [6, 6.07) is 15.3. The minimum Gasteiger partial charge on any atom is -0.494 e. The minimum atomic E-state index is -0.0444. The van der Waals surface area contributed by atoms with Crippen molar-refractivity contribution in [3.8, 4) is 11.5 Å². The lowest BCUT2D eigenvalue weighted by molar-refractivity contribution is -0.114. The van der Waals surface area contributed by atoms with Crippen molar-refractivity contribution >= 4 is 17.7 Å². The number of hydrogen-bond acceptors (Lipinski definition) is 3. The number of carbonyl (C=O) groups excluding carboxylic acids is 1. The second-order valence-electron chi connectivity index (χ2n) is 5.56. The number of carbonyl (C=O) groups is 1. The van der Waals surface area contributed by atoms with Crippen LogP contribution >= 0.6 is 0 Å². The number of para-hydroxylation sites is 2. The Morgan fingerprint density at radius 3 is 2.79 bits per heavy atom. The summed E-state index contributed by atoms with van der Waals surface area (Å²) in [6.07, 6.45) is 4.41. The summed E-state index contributed by atoms with van der Waals surface area (Å²) in [6.45, 7) is 3.86. The highest BCUT2D eigenvalue weighted by Gasteiger charge is 2.21. The average molecular weight is 323 g/mol. The molecular formula is C20H21NO3.